The predicted octanol–water partition coefficient (Wildman–Crippen LogP) is 3.61. The molecule has 0 aliphatic carbocycles. The molecule has 0 saturated heterocycles. The SMILES string of the molecule is CN=C(NCc1c(C)noc1C)NCC(O)c1cc(Cl)cc(Cl)c1.I. The molecule has 3 N–H and O–H groups in total. The van der Waals surface area contributed by atoms with Crippen LogP contribution in [0.25, 0.3) is 0 Å². The Balaban J connectivity index is 0.00000312. The van der Waals surface area contributed by atoms with E-state index in [1.807, 2.05) is 13.8 Å². The van der Waals surface area contributed by atoms with Gasteiger partial charge in [0.05, 0.1) is 11.8 Å². The van der Waals surface area contributed by atoms with Crippen molar-refractivity contribution in [2.45, 2.75) is 26.5 Å². The van der Waals surface area contributed by atoms with Gasteiger partial charge in [0.15, 0.2) is 5.96 Å². The lowest BCUT2D eigenvalue weighted by Gasteiger charge is -2.16. The maximum atomic E-state index is 10.3. The molecule has 1 aromatic carbocycles. The van der Waals surface area contributed by atoms with Crippen molar-refractivity contribution in [2.75, 3.05) is 13.6 Å². The van der Waals surface area contributed by atoms with Crippen LogP contribution in [0.15, 0.2) is 27.7 Å². The van der Waals surface area contributed by atoms with Gasteiger partial charge in [0, 0.05) is 35.7 Å². The number of nitrogens with zero attached hydrogens (tertiary/aromatic N) is 2. The highest BCUT2D eigenvalue weighted by atomic mass is 127. The summed E-state index contributed by atoms with van der Waals surface area (Å²) in [6.07, 6.45) is -0.765. The molecule has 0 bridgehead atoms. The minimum absolute atomic E-state index is 0. The highest BCUT2D eigenvalue weighted by Gasteiger charge is 2.12. The van der Waals surface area contributed by atoms with E-state index < -0.39 is 6.10 Å². The van der Waals surface area contributed by atoms with Crippen LogP contribution in [0.4, 0.5) is 0 Å². The topological polar surface area (TPSA) is 82.7 Å². The van der Waals surface area contributed by atoms with Gasteiger partial charge in [-0.3, -0.25) is 4.99 Å². The molecule has 1 heterocycles. The first-order chi connectivity index (χ1) is 11.4. The van der Waals surface area contributed by atoms with Gasteiger partial charge < -0.3 is 20.3 Å². The van der Waals surface area contributed by atoms with Gasteiger partial charge in [-0.15, -0.1) is 24.0 Å². The Morgan fingerprint density at radius 3 is 2.40 bits per heavy atom. The molecular formula is C16H21Cl2IN4O2. The van der Waals surface area contributed by atoms with Crippen LogP contribution in [0.3, 0.4) is 0 Å². The molecule has 0 amide bonds. The molecule has 0 saturated carbocycles. The summed E-state index contributed by atoms with van der Waals surface area (Å²) in [4.78, 5) is 4.13. The zero-order valence-corrected chi connectivity index (χ0v) is 18.0. The van der Waals surface area contributed by atoms with Gasteiger partial charge in [-0.2, -0.15) is 0 Å². The molecule has 2 rings (SSSR count). The third-order valence-electron chi connectivity index (χ3n) is 3.57. The Hall–Kier alpha value is -1.03. The molecule has 138 valence electrons. The zero-order valence-electron chi connectivity index (χ0n) is 14.1. The average molecular weight is 499 g/mol. The minimum Gasteiger partial charge on any atom is -0.387 e. The molecule has 0 aliphatic heterocycles. The Kier molecular flexibility index (Phi) is 8.98. The van der Waals surface area contributed by atoms with Crippen molar-refractivity contribution in [2.24, 2.45) is 4.99 Å². The minimum atomic E-state index is -0.765. The molecule has 6 nitrogen and oxygen atoms in total. The summed E-state index contributed by atoms with van der Waals surface area (Å²) >= 11 is 11.9. The van der Waals surface area contributed by atoms with E-state index in [0.717, 1.165) is 17.0 Å². The molecule has 1 unspecified atom stereocenters. The third kappa shape index (κ3) is 6.32. The van der Waals surface area contributed by atoms with E-state index in [0.29, 0.717) is 28.1 Å². The van der Waals surface area contributed by atoms with Crippen molar-refractivity contribution < 1.29 is 9.63 Å². The summed E-state index contributed by atoms with van der Waals surface area (Å²) in [5.41, 5.74) is 2.46. The second kappa shape index (κ2) is 10.2. The molecule has 0 spiro atoms. The highest BCUT2D eigenvalue weighted by molar-refractivity contribution is 14.0. The molecule has 2 aromatic rings. The van der Waals surface area contributed by atoms with Crippen LogP contribution in [0.5, 0.6) is 0 Å². The molecule has 1 aromatic heterocycles. The number of hydrogen-bond donors (Lipinski definition) is 3. The van der Waals surface area contributed by atoms with Crippen molar-refractivity contribution in [3.8, 4) is 0 Å². The smallest absolute Gasteiger partial charge is 0.191 e. The Morgan fingerprint density at radius 1 is 1.24 bits per heavy atom. The molecule has 0 radical (unpaired) electrons. The van der Waals surface area contributed by atoms with Crippen LogP contribution in [-0.2, 0) is 6.54 Å². The van der Waals surface area contributed by atoms with Gasteiger partial charge in [-0.05, 0) is 37.6 Å². The van der Waals surface area contributed by atoms with Crippen molar-refractivity contribution in [1.82, 2.24) is 15.8 Å². The molecule has 25 heavy (non-hydrogen) atoms. The zero-order chi connectivity index (χ0) is 17.7. The fourth-order valence-electron chi connectivity index (χ4n) is 2.23. The lowest BCUT2D eigenvalue weighted by molar-refractivity contribution is 0.181. The maximum absolute atomic E-state index is 10.3. The number of benzene rings is 1. The number of aromatic nitrogens is 1. The largest absolute Gasteiger partial charge is 0.387 e. The van der Waals surface area contributed by atoms with E-state index in [-0.39, 0.29) is 30.5 Å². The standard InChI is InChI=1S/C16H20Cl2N4O2.HI/c1-9-14(10(2)24-22-9)7-20-16(19-3)21-8-15(23)11-4-12(17)6-13(18)5-11;/h4-6,15,23H,7-8H2,1-3H3,(H2,19,20,21);1H. The summed E-state index contributed by atoms with van der Waals surface area (Å²) < 4.78 is 5.12. The lowest BCUT2D eigenvalue weighted by atomic mass is 10.1. The van der Waals surface area contributed by atoms with Gasteiger partial charge in [-0.25, -0.2) is 0 Å². The van der Waals surface area contributed by atoms with Gasteiger partial charge in [-0.1, -0.05) is 28.4 Å². The number of rotatable bonds is 5. The number of guanidine groups is 1. The number of aryl methyl sites for hydroxylation is 2. The molecule has 0 fully saturated rings. The number of halogens is 3. The Labute approximate surface area is 174 Å². The normalized spacial score (nSPS) is 12.5. The van der Waals surface area contributed by atoms with E-state index in [1.165, 1.54) is 0 Å². The highest BCUT2D eigenvalue weighted by Crippen LogP contribution is 2.23. The summed E-state index contributed by atoms with van der Waals surface area (Å²) in [5.74, 6) is 1.33. The van der Waals surface area contributed by atoms with E-state index >= 15 is 0 Å². The summed E-state index contributed by atoms with van der Waals surface area (Å²) in [5, 5.41) is 21.4. The molecular weight excluding hydrogens is 478 g/mol. The third-order valence-corrected chi connectivity index (χ3v) is 4.01. The van der Waals surface area contributed by atoms with Crippen molar-refractivity contribution >= 4 is 53.1 Å². The van der Waals surface area contributed by atoms with E-state index in [1.54, 1.807) is 25.2 Å². The summed E-state index contributed by atoms with van der Waals surface area (Å²) in [6, 6.07) is 4.98. The van der Waals surface area contributed by atoms with Crippen LogP contribution >= 0.6 is 47.2 Å². The molecule has 1 atom stereocenters. The molecule has 0 aliphatic rings. The van der Waals surface area contributed by atoms with E-state index in [4.69, 9.17) is 27.7 Å². The number of nitrogens with one attached hydrogen (secondary N) is 2. The monoisotopic (exact) mass is 498 g/mol. The van der Waals surface area contributed by atoms with E-state index in [2.05, 4.69) is 20.8 Å². The first-order valence-corrected chi connectivity index (χ1v) is 8.16. The fourth-order valence-corrected chi connectivity index (χ4v) is 2.77. The first-order valence-electron chi connectivity index (χ1n) is 7.41. The lowest BCUT2D eigenvalue weighted by Crippen LogP contribution is -2.39. The van der Waals surface area contributed by atoms with Crippen LogP contribution < -0.4 is 10.6 Å². The van der Waals surface area contributed by atoms with E-state index in [9.17, 15) is 5.11 Å². The second-order valence-electron chi connectivity index (χ2n) is 5.33. The maximum Gasteiger partial charge on any atom is 0.191 e. The number of aliphatic imine (C=N–C) groups is 1. The van der Waals surface area contributed by atoms with Gasteiger partial charge in [0.2, 0.25) is 0 Å². The van der Waals surface area contributed by atoms with Gasteiger partial charge in [0.25, 0.3) is 0 Å². The predicted molar refractivity (Wildman–Crippen MR) is 111 cm³/mol. The van der Waals surface area contributed by atoms with Crippen LogP contribution in [0.1, 0.15) is 28.7 Å². The van der Waals surface area contributed by atoms with Crippen molar-refractivity contribution in [3.05, 3.63) is 50.8 Å². The second-order valence-corrected chi connectivity index (χ2v) is 6.20. The van der Waals surface area contributed by atoms with Gasteiger partial charge in [0.1, 0.15) is 5.76 Å². The quantitative estimate of drug-likeness (QED) is 0.333. The van der Waals surface area contributed by atoms with Gasteiger partial charge >= 0.3 is 0 Å². The Bertz CT molecular complexity index is 697. The van der Waals surface area contributed by atoms with Crippen LogP contribution in [0.2, 0.25) is 10.0 Å². The average Bonchev–Trinajstić information content (AvgIpc) is 2.85. The van der Waals surface area contributed by atoms with Crippen molar-refractivity contribution in [1.29, 1.82) is 0 Å². The number of aliphatic hydroxyl groups excluding tert-OH is 1. The van der Waals surface area contributed by atoms with Crippen LogP contribution in [0, 0.1) is 13.8 Å². The van der Waals surface area contributed by atoms with Crippen molar-refractivity contribution in [3.63, 3.8) is 0 Å². The summed E-state index contributed by atoms with van der Waals surface area (Å²) in [6.45, 7) is 4.54. The van der Waals surface area contributed by atoms with Crippen LogP contribution in [-0.4, -0.2) is 29.8 Å². The Morgan fingerprint density at radius 2 is 1.88 bits per heavy atom. The number of aliphatic hydroxyl groups is 1. The number of hydrogen-bond acceptors (Lipinski definition) is 4. The summed E-state index contributed by atoms with van der Waals surface area (Å²) in [7, 11) is 1.66. The first kappa shape index (κ1) is 22.0. The fraction of sp³-hybridized carbons (Fsp3) is 0.375. The molecule has 9 heteroatoms.